The third-order valence-corrected chi connectivity index (χ3v) is 3.61. The first-order valence-electron chi connectivity index (χ1n) is 6.39. The Labute approximate surface area is 109 Å². The molecule has 3 nitrogen and oxygen atoms in total. The highest BCUT2D eigenvalue weighted by atomic mass is 15.1. The van der Waals surface area contributed by atoms with E-state index in [-0.39, 0.29) is 0 Å². The minimum atomic E-state index is 0.519. The standard InChI is InChI=1S/C15H21N3/c1-11-6-4-5-7-13(11)8-9-15-14(10-16)17-12(2)18(15)3/h4-7H,8-10,16H2,1-3H3. The highest BCUT2D eigenvalue weighted by Crippen LogP contribution is 2.15. The molecule has 0 saturated heterocycles. The summed E-state index contributed by atoms with van der Waals surface area (Å²) in [7, 11) is 2.06. The van der Waals surface area contributed by atoms with Crippen LogP contribution < -0.4 is 5.73 Å². The summed E-state index contributed by atoms with van der Waals surface area (Å²) >= 11 is 0. The zero-order valence-electron chi connectivity index (χ0n) is 11.4. The fourth-order valence-electron chi connectivity index (χ4n) is 2.34. The van der Waals surface area contributed by atoms with Crippen molar-refractivity contribution in [1.82, 2.24) is 9.55 Å². The highest BCUT2D eigenvalue weighted by Gasteiger charge is 2.11. The molecule has 18 heavy (non-hydrogen) atoms. The van der Waals surface area contributed by atoms with Gasteiger partial charge in [0.1, 0.15) is 5.82 Å². The minimum Gasteiger partial charge on any atom is -0.335 e. The molecule has 1 aromatic carbocycles. The number of hydrogen-bond donors (Lipinski definition) is 1. The first-order valence-corrected chi connectivity index (χ1v) is 6.39. The van der Waals surface area contributed by atoms with Crippen LogP contribution in [0.25, 0.3) is 0 Å². The van der Waals surface area contributed by atoms with Gasteiger partial charge in [0.05, 0.1) is 5.69 Å². The fourth-order valence-corrected chi connectivity index (χ4v) is 2.34. The summed E-state index contributed by atoms with van der Waals surface area (Å²) in [6, 6.07) is 8.54. The molecule has 0 atom stereocenters. The van der Waals surface area contributed by atoms with E-state index >= 15 is 0 Å². The fraction of sp³-hybridized carbons (Fsp3) is 0.400. The van der Waals surface area contributed by atoms with Crippen molar-refractivity contribution >= 4 is 0 Å². The first kappa shape index (κ1) is 12.8. The van der Waals surface area contributed by atoms with Gasteiger partial charge in [-0.2, -0.15) is 0 Å². The molecule has 2 aromatic rings. The summed E-state index contributed by atoms with van der Waals surface area (Å²) in [5.41, 5.74) is 10.8. The molecule has 0 spiro atoms. The van der Waals surface area contributed by atoms with Crippen LogP contribution in [0.2, 0.25) is 0 Å². The van der Waals surface area contributed by atoms with Crippen LogP contribution in [0.5, 0.6) is 0 Å². The number of aromatic nitrogens is 2. The van der Waals surface area contributed by atoms with E-state index in [9.17, 15) is 0 Å². The van der Waals surface area contributed by atoms with Crippen LogP contribution in [0.1, 0.15) is 28.3 Å². The lowest BCUT2D eigenvalue weighted by Gasteiger charge is -2.08. The molecule has 0 amide bonds. The Kier molecular flexibility index (Phi) is 3.82. The third-order valence-electron chi connectivity index (χ3n) is 3.61. The van der Waals surface area contributed by atoms with Crippen LogP contribution in [-0.2, 0) is 26.4 Å². The maximum atomic E-state index is 5.76. The minimum absolute atomic E-state index is 0.519. The van der Waals surface area contributed by atoms with Gasteiger partial charge in [-0.1, -0.05) is 24.3 Å². The van der Waals surface area contributed by atoms with E-state index in [0.717, 1.165) is 24.4 Å². The molecule has 0 aliphatic rings. The molecule has 1 aromatic heterocycles. The van der Waals surface area contributed by atoms with Crippen LogP contribution in [0.4, 0.5) is 0 Å². The van der Waals surface area contributed by atoms with Gasteiger partial charge in [-0.3, -0.25) is 0 Å². The van der Waals surface area contributed by atoms with Crippen molar-refractivity contribution < 1.29 is 0 Å². The second-order valence-electron chi connectivity index (χ2n) is 4.74. The van der Waals surface area contributed by atoms with Crippen LogP contribution >= 0.6 is 0 Å². The number of hydrogen-bond acceptors (Lipinski definition) is 2. The van der Waals surface area contributed by atoms with Crippen molar-refractivity contribution in [2.24, 2.45) is 12.8 Å². The summed E-state index contributed by atoms with van der Waals surface area (Å²) in [5.74, 6) is 1.04. The molecule has 0 aliphatic heterocycles. The Morgan fingerprint density at radius 3 is 2.56 bits per heavy atom. The molecule has 0 radical (unpaired) electrons. The predicted octanol–water partition coefficient (Wildman–Crippen LogP) is 2.28. The molecule has 1 heterocycles. The quantitative estimate of drug-likeness (QED) is 0.895. The monoisotopic (exact) mass is 243 g/mol. The molecule has 96 valence electrons. The Hall–Kier alpha value is -1.61. The maximum Gasteiger partial charge on any atom is 0.105 e. The lowest BCUT2D eigenvalue weighted by molar-refractivity contribution is 0.764. The lowest BCUT2D eigenvalue weighted by atomic mass is 10.0. The van der Waals surface area contributed by atoms with E-state index in [0.29, 0.717) is 6.54 Å². The Morgan fingerprint density at radius 2 is 1.89 bits per heavy atom. The topological polar surface area (TPSA) is 43.8 Å². The van der Waals surface area contributed by atoms with Gasteiger partial charge in [0.2, 0.25) is 0 Å². The third kappa shape index (κ3) is 2.46. The molecule has 3 heteroatoms. The largest absolute Gasteiger partial charge is 0.335 e. The molecule has 0 bridgehead atoms. The van der Waals surface area contributed by atoms with E-state index in [1.54, 1.807) is 0 Å². The number of rotatable bonds is 4. The van der Waals surface area contributed by atoms with Gasteiger partial charge < -0.3 is 10.3 Å². The molecule has 2 rings (SSSR count). The summed E-state index contributed by atoms with van der Waals surface area (Å²) in [5, 5.41) is 0. The summed E-state index contributed by atoms with van der Waals surface area (Å²) in [6.07, 6.45) is 2.04. The van der Waals surface area contributed by atoms with E-state index in [1.807, 2.05) is 6.92 Å². The Bertz CT molecular complexity index is 541. The van der Waals surface area contributed by atoms with Gasteiger partial charge in [0, 0.05) is 19.3 Å². The molecule has 2 N–H and O–H groups in total. The second-order valence-corrected chi connectivity index (χ2v) is 4.74. The van der Waals surface area contributed by atoms with Crippen molar-refractivity contribution in [3.63, 3.8) is 0 Å². The summed E-state index contributed by atoms with van der Waals surface area (Å²) < 4.78 is 2.15. The van der Waals surface area contributed by atoms with E-state index in [1.165, 1.54) is 16.8 Å². The van der Waals surface area contributed by atoms with Gasteiger partial charge in [0.15, 0.2) is 0 Å². The van der Waals surface area contributed by atoms with E-state index < -0.39 is 0 Å². The van der Waals surface area contributed by atoms with E-state index in [2.05, 4.69) is 47.8 Å². The van der Waals surface area contributed by atoms with Crippen LogP contribution in [-0.4, -0.2) is 9.55 Å². The molecule has 0 saturated carbocycles. The predicted molar refractivity (Wildman–Crippen MR) is 74.4 cm³/mol. The Morgan fingerprint density at radius 1 is 1.17 bits per heavy atom. The van der Waals surface area contributed by atoms with Crippen molar-refractivity contribution in [1.29, 1.82) is 0 Å². The van der Waals surface area contributed by atoms with Gasteiger partial charge in [0.25, 0.3) is 0 Å². The Balaban J connectivity index is 2.18. The summed E-state index contributed by atoms with van der Waals surface area (Å²) in [4.78, 5) is 4.50. The number of imidazole rings is 1. The van der Waals surface area contributed by atoms with Gasteiger partial charge in [-0.25, -0.2) is 4.98 Å². The second kappa shape index (κ2) is 5.36. The van der Waals surface area contributed by atoms with Gasteiger partial charge in [-0.05, 0) is 37.8 Å². The van der Waals surface area contributed by atoms with E-state index in [4.69, 9.17) is 5.73 Å². The van der Waals surface area contributed by atoms with Crippen molar-refractivity contribution in [3.8, 4) is 0 Å². The first-order chi connectivity index (χ1) is 8.63. The highest BCUT2D eigenvalue weighted by molar-refractivity contribution is 5.27. The van der Waals surface area contributed by atoms with Crippen LogP contribution in [0, 0.1) is 13.8 Å². The zero-order chi connectivity index (χ0) is 13.1. The zero-order valence-corrected chi connectivity index (χ0v) is 11.4. The van der Waals surface area contributed by atoms with Crippen molar-refractivity contribution in [3.05, 3.63) is 52.6 Å². The van der Waals surface area contributed by atoms with Crippen LogP contribution in [0.3, 0.4) is 0 Å². The number of nitrogens with two attached hydrogens (primary N) is 1. The molecule has 0 fully saturated rings. The average molecular weight is 243 g/mol. The SMILES string of the molecule is Cc1ccccc1CCc1c(CN)nc(C)n1C. The van der Waals surface area contributed by atoms with Gasteiger partial charge >= 0.3 is 0 Å². The van der Waals surface area contributed by atoms with Crippen molar-refractivity contribution in [2.45, 2.75) is 33.2 Å². The summed E-state index contributed by atoms with van der Waals surface area (Å²) in [6.45, 7) is 4.70. The molecule has 0 unspecified atom stereocenters. The number of nitrogens with zero attached hydrogens (tertiary/aromatic N) is 2. The van der Waals surface area contributed by atoms with Crippen molar-refractivity contribution in [2.75, 3.05) is 0 Å². The molecule has 0 aliphatic carbocycles. The van der Waals surface area contributed by atoms with Crippen LogP contribution in [0.15, 0.2) is 24.3 Å². The number of benzene rings is 1. The molecular formula is C15H21N3. The normalized spacial score (nSPS) is 10.9. The molecular weight excluding hydrogens is 222 g/mol. The van der Waals surface area contributed by atoms with Gasteiger partial charge in [-0.15, -0.1) is 0 Å². The maximum absolute atomic E-state index is 5.76. The smallest absolute Gasteiger partial charge is 0.105 e. The number of aryl methyl sites for hydroxylation is 3. The average Bonchev–Trinajstić information content (AvgIpc) is 2.65. The lowest BCUT2D eigenvalue weighted by Crippen LogP contribution is -2.06.